The minimum Gasteiger partial charge on any atom is -0.258 e. The van der Waals surface area contributed by atoms with Crippen molar-refractivity contribution in [2.45, 2.75) is 56.0 Å². The molecule has 6 aromatic rings. The van der Waals surface area contributed by atoms with E-state index in [2.05, 4.69) is 4.98 Å². The highest BCUT2D eigenvalue weighted by Crippen LogP contribution is 2.41. The topological polar surface area (TPSA) is 59.9 Å². The van der Waals surface area contributed by atoms with Gasteiger partial charge in [-0.05, 0) is 24.3 Å². The molecule has 1 heterocycles. The molecule has 0 bridgehead atoms. The summed E-state index contributed by atoms with van der Waals surface area (Å²) in [7, 11) is 0. The standard InChI is InChI=1S/C32H12BF24.C11H10N3O2/c34-25(35,36)13-1-14(26(37,38)39)6-21(5-13)33(22-7-15(27(40,41)42)2-16(8-22)28(43,44)45,23-9-17(29(46,47)48)3-18(10-23)30(49,50)51)24-11-19(31(52,53)54)4-20(12-24)32(55,56)57;15-14(16)11-3-1-2-10(8-11)9-13-6-4-12-5-7-13/h1-12H;1-8H,9H2/q-1;+1. The van der Waals surface area contributed by atoms with E-state index in [1.807, 2.05) is 23.0 Å². The Labute approximate surface area is 391 Å². The quantitative estimate of drug-likeness (QED) is 0.0526. The van der Waals surface area contributed by atoms with Crippen molar-refractivity contribution in [1.29, 1.82) is 0 Å². The average molecular weight is 1080 g/mol. The van der Waals surface area contributed by atoms with Crippen LogP contribution in [0.3, 0.4) is 0 Å². The first-order valence-corrected chi connectivity index (χ1v) is 19.4. The van der Waals surface area contributed by atoms with Crippen LogP contribution in [0, 0.1) is 10.1 Å². The third kappa shape index (κ3) is 13.3. The molecular weight excluding hydrogens is 1060 g/mol. The summed E-state index contributed by atoms with van der Waals surface area (Å²) in [5.41, 5.74) is -29.2. The van der Waals surface area contributed by atoms with Crippen LogP contribution >= 0.6 is 0 Å². The third-order valence-electron chi connectivity index (χ3n) is 10.6. The Balaban J connectivity index is 0.000000520. The highest BCUT2D eigenvalue weighted by Gasteiger charge is 2.47. The van der Waals surface area contributed by atoms with Gasteiger partial charge in [-0.2, -0.15) is 132 Å². The number of hydrogen-bond acceptors (Lipinski definition) is 3. The highest BCUT2D eigenvalue weighted by molar-refractivity contribution is 7.20. The van der Waals surface area contributed by atoms with E-state index in [4.69, 9.17) is 0 Å². The van der Waals surface area contributed by atoms with Crippen molar-refractivity contribution in [1.82, 2.24) is 4.98 Å². The molecule has 0 aliphatic carbocycles. The molecule has 0 N–H and O–H groups in total. The average Bonchev–Trinajstić information content (AvgIpc) is 3.24. The summed E-state index contributed by atoms with van der Waals surface area (Å²) in [6.07, 6.45) is -47.8. The van der Waals surface area contributed by atoms with Gasteiger partial charge in [0.1, 0.15) is 6.15 Å². The van der Waals surface area contributed by atoms with Crippen molar-refractivity contribution in [2.24, 2.45) is 0 Å². The summed E-state index contributed by atoms with van der Waals surface area (Å²) >= 11 is 0. The van der Waals surface area contributed by atoms with Crippen molar-refractivity contribution in [3.63, 3.8) is 0 Å². The van der Waals surface area contributed by atoms with Gasteiger partial charge in [-0.25, -0.2) is 0 Å². The normalized spacial score (nSPS) is 13.4. The fraction of sp³-hybridized carbons (Fsp3) is 0.209. The van der Waals surface area contributed by atoms with Crippen LogP contribution in [0.25, 0.3) is 0 Å². The molecule has 392 valence electrons. The minimum absolute atomic E-state index is 0.118. The second kappa shape index (κ2) is 19.4. The molecule has 0 aliphatic heterocycles. The molecule has 1 aromatic heterocycles. The number of rotatable bonds is 7. The van der Waals surface area contributed by atoms with Crippen LogP contribution in [0.5, 0.6) is 0 Å². The fourth-order valence-corrected chi connectivity index (χ4v) is 7.50. The van der Waals surface area contributed by atoms with Gasteiger partial charge in [0.25, 0.3) is 5.69 Å². The smallest absolute Gasteiger partial charge is 0.258 e. The molecule has 73 heavy (non-hydrogen) atoms. The molecule has 5 aromatic carbocycles. The van der Waals surface area contributed by atoms with Crippen molar-refractivity contribution in [3.05, 3.63) is 182 Å². The number of nitro groups is 1. The first-order chi connectivity index (χ1) is 33.0. The molecule has 0 saturated carbocycles. The van der Waals surface area contributed by atoms with E-state index in [0.29, 0.717) is 6.54 Å². The van der Waals surface area contributed by atoms with E-state index in [9.17, 15) is 115 Å². The number of nitro benzene ring substituents is 1. The van der Waals surface area contributed by atoms with Gasteiger partial charge in [0.15, 0.2) is 18.9 Å². The lowest BCUT2D eigenvalue weighted by molar-refractivity contribution is -0.688. The summed E-state index contributed by atoms with van der Waals surface area (Å²) in [6, 6.07) is -2.20. The van der Waals surface area contributed by atoms with E-state index >= 15 is 0 Å². The van der Waals surface area contributed by atoms with Crippen molar-refractivity contribution in [3.8, 4) is 0 Å². The minimum atomic E-state index is -6.13. The summed E-state index contributed by atoms with van der Waals surface area (Å²) in [4.78, 5) is 14.1. The van der Waals surface area contributed by atoms with Gasteiger partial charge in [0.2, 0.25) is 0 Å². The van der Waals surface area contributed by atoms with E-state index in [-0.39, 0.29) is 10.6 Å². The maximum absolute atomic E-state index is 14.2. The summed E-state index contributed by atoms with van der Waals surface area (Å²) in [5.74, 6) is 0. The molecule has 0 saturated heterocycles. The molecule has 5 nitrogen and oxygen atoms in total. The van der Waals surface area contributed by atoms with Crippen LogP contribution in [0.4, 0.5) is 111 Å². The summed E-state index contributed by atoms with van der Waals surface area (Å²) in [6.45, 7) is 0.601. The first kappa shape index (κ1) is 56.9. The molecule has 0 radical (unpaired) electrons. The number of non-ortho nitro benzene ring substituents is 1. The number of aromatic nitrogens is 2. The molecule has 0 unspecified atom stereocenters. The van der Waals surface area contributed by atoms with Crippen LogP contribution < -0.4 is 26.4 Å². The summed E-state index contributed by atoms with van der Waals surface area (Å²) in [5, 5.41) is 10.6. The van der Waals surface area contributed by atoms with Crippen LogP contribution in [0.15, 0.2) is 122 Å². The maximum Gasteiger partial charge on any atom is 0.416 e. The van der Waals surface area contributed by atoms with Crippen molar-refractivity contribution < 1.29 is 115 Å². The van der Waals surface area contributed by atoms with Gasteiger partial charge < -0.3 is 0 Å². The first-order valence-electron chi connectivity index (χ1n) is 19.4. The van der Waals surface area contributed by atoms with Crippen LogP contribution in [0.2, 0.25) is 0 Å². The van der Waals surface area contributed by atoms with Gasteiger partial charge in [-0.1, -0.05) is 60.7 Å². The SMILES string of the molecule is FC(F)(F)c1cc([B-](c2cc(C(F)(F)F)cc(C(F)(F)F)c2)(c2cc(C(F)(F)F)cc(C(F)(F)F)c2)c2cc(C(F)(F)F)cc(C(F)(F)F)c2)cc(C(F)(F)F)c1.O=[N+]([O-])c1cccc(C[n+]2ccncc2)c1. The lowest BCUT2D eigenvalue weighted by atomic mass is 9.12. The fourth-order valence-electron chi connectivity index (χ4n) is 7.50. The van der Waals surface area contributed by atoms with Crippen LogP contribution in [0.1, 0.15) is 50.1 Å². The second-order valence-electron chi connectivity index (χ2n) is 15.6. The number of alkyl halides is 24. The zero-order valence-corrected chi connectivity index (χ0v) is 35.1. The number of halogens is 24. The molecule has 0 amide bonds. The van der Waals surface area contributed by atoms with E-state index < -0.39 is 195 Å². The molecule has 0 aliphatic rings. The van der Waals surface area contributed by atoms with Gasteiger partial charge in [0.05, 0.1) is 61.8 Å². The van der Waals surface area contributed by atoms with E-state index in [0.717, 1.165) is 5.56 Å². The Morgan fingerprint density at radius 3 is 0.863 bits per heavy atom. The Kier molecular flexibility index (Phi) is 15.1. The second-order valence-corrected chi connectivity index (χ2v) is 15.6. The van der Waals surface area contributed by atoms with Crippen molar-refractivity contribution >= 4 is 33.7 Å². The predicted octanol–water partition coefficient (Wildman–Crippen LogP) is 12.5. The Bertz CT molecular complexity index is 2530. The lowest BCUT2D eigenvalue weighted by Gasteiger charge is -2.46. The molecule has 6 rings (SSSR count). The van der Waals surface area contributed by atoms with Gasteiger partial charge in [-0.15, -0.1) is 0 Å². The maximum atomic E-state index is 14.2. The molecule has 30 heteroatoms. The van der Waals surface area contributed by atoms with Gasteiger partial charge in [0, 0.05) is 17.7 Å². The molecule has 0 spiro atoms. The lowest BCUT2D eigenvalue weighted by Crippen LogP contribution is -2.75. The Morgan fingerprint density at radius 1 is 0.397 bits per heavy atom. The van der Waals surface area contributed by atoms with E-state index in [1.54, 1.807) is 24.5 Å². The third-order valence-corrected chi connectivity index (χ3v) is 10.6. The zero-order valence-electron chi connectivity index (χ0n) is 35.1. The number of nitrogens with zero attached hydrogens (tertiary/aromatic N) is 3. The van der Waals surface area contributed by atoms with Gasteiger partial charge >= 0.3 is 49.4 Å². The Hall–Kier alpha value is -7.04. The molecular formula is C43H22BF24N3O2. The monoisotopic (exact) mass is 1080 g/mol. The largest absolute Gasteiger partial charge is 0.416 e. The zero-order chi connectivity index (χ0) is 55.3. The highest BCUT2D eigenvalue weighted by atomic mass is 19.4. The predicted molar refractivity (Wildman–Crippen MR) is 207 cm³/mol. The number of hydrogen-bond donors (Lipinski definition) is 0. The van der Waals surface area contributed by atoms with Crippen molar-refractivity contribution in [2.75, 3.05) is 0 Å². The van der Waals surface area contributed by atoms with E-state index in [1.165, 1.54) is 6.07 Å². The Morgan fingerprint density at radius 2 is 0.644 bits per heavy atom. The number of benzene rings is 5. The van der Waals surface area contributed by atoms with Crippen LogP contribution in [-0.4, -0.2) is 16.1 Å². The molecule has 0 atom stereocenters. The molecule has 0 fully saturated rings. The summed E-state index contributed by atoms with van der Waals surface area (Å²) < 4.78 is 343. The van der Waals surface area contributed by atoms with Gasteiger partial charge in [-0.3, -0.25) is 15.1 Å². The van der Waals surface area contributed by atoms with Crippen LogP contribution in [-0.2, 0) is 56.0 Å².